The number of nitrogens with one attached hydrogen (secondary N) is 1. The van der Waals surface area contributed by atoms with Gasteiger partial charge in [-0.05, 0) is 23.8 Å². The van der Waals surface area contributed by atoms with Crippen LogP contribution in [0.4, 0.5) is 5.13 Å². The first-order valence-electron chi connectivity index (χ1n) is 8.15. The number of thiazole rings is 1. The molecule has 4 rings (SSSR count). The number of halogens is 1. The van der Waals surface area contributed by atoms with Crippen molar-refractivity contribution >= 4 is 44.2 Å². The zero-order valence-corrected chi connectivity index (χ0v) is 15.9. The number of carbonyl (C=O) groups excluding carboxylic acids is 1. The van der Waals surface area contributed by atoms with Gasteiger partial charge >= 0.3 is 0 Å². The number of anilines is 1. The third-order valence-corrected chi connectivity index (χ3v) is 5.31. The standard InChI is InChI=1S/C19H15ClN4O2S/c1-26-15-7-4-8-16-17(15)22-19(27-16)23-18(25)13-9-21-24(11-13)10-12-5-2-3-6-14(12)20/h2-9,11H,10H2,1H3,(H,22,23,25). The Kier molecular flexibility index (Phi) is 4.79. The molecule has 0 aliphatic carbocycles. The first kappa shape index (κ1) is 17.5. The molecule has 2 aromatic heterocycles. The van der Waals surface area contributed by atoms with E-state index in [4.69, 9.17) is 16.3 Å². The summed E-state index contributed by atoms with van der Waals surface area (Å²) < 4.78 is 7.93. The van der Waals surface area contributed by atoms with Crippen molar-refractivity contribution in [2.45, 2.75) is 6.54 Å². The normalized spacial score (nSPS) is 10.9. The van der Waals surface area contributed by atoms with Gasteiger partial charge in [0.25, 0.3) is 5.91 Å². The molecule has 6 nitrogen and oxygen atoms in total. The van der Waals surface area contributed by atoms with E-state index >= 15 is 0 Å². The molecule has 0 unspecified atom stereocenters. The summed E-state index contributed by atoms with van der Waals surface area (Å²) in [4.78, 5) is 17.0. The van der Waals surface area contributed by atoms with E-state index in [1.807, 2.05) is 42.5 Å². The highest BCUT2D eigenvalue weighted by Crippen LogP contribution is 2.32. The average molecular weight is 399 g/mol. The molecule has 0 bridgehead atoms. The second-order valence-electron chi connectivity index (χ2n) is 5.80. The summed E-state index contributed by atoms with van der Waals surface area (Å²) in [6.45, 7) is 0.491. The van der Waals surface area contributed by atoms with Crippen LogP contribution in [-0.4, -0.2) is 27.8 Å². The van der Waals surface area contributed by atoms with Crippen LogP contribution in [0.5, 0.6) is 5.75 Å². The number of nitrogens with zero attached hydrogens (tertiary/aromatic N) is 3. The lowest BCUT2D eigenvalue weighted by Gasteiger charge is -2.03. The number of para-hydroxylation sites is 1. The first-order valence-corrected chi connectivity index (χ1v) is 9.34. The monoisotopic (exact) mass is 398 g/mol. The predicted molar refractivity (Wildman–Crippen MR) is 107 cm³/mol. The molecule has 1 amide bonds. The number of amides is 1. The summed E-state index contributed by atoms with van der Waals surface area (Å²) in [7, 11) is 1.60. The van der Waals surface area contributed by atoms with Crippen LogP contribution >= 0.6 is 22.9 Å². The average Bonchev–Trinajstić information content (AvgIpc) is 3.29. The number of carbonyl (C=O) groups is 1. The van der Waals surface area contributed by atoms with Crippen molar-refractivity contribution in [3.63, 3.8) is 0 Å². The summed E-state index contributed by atoms with van der Waals surface area (Å²) in [6.07, 6.45) is 3.21. The van der Waals surface area contributed by atoms with E-state index in [1.165, 1.54) is 17.5 Å². The molecular weight excluding hydrogens is 384 g/mol. The molecule has 0 saturated heterocycles. The van der Waals surface area contributed by atoms with Crippen LogP contribution in [0.1, 0.15) is 15.9 Å². The van der Waals surface area contributed by atoms with Gasteiger partial charge in [-0.2, -0.15) is 5.10 Å². The van der Waals surface area contributed by atoms with Crippen molar-refractivity contribution in [2.75, 3.05) is 12.4 Å². The Morgan fingerprint density at radius 1 is 1.26 bits per heavy atom. The van der Waals surface area contributed by atoms with Crippen molar-refractivity contribution in [2.24, 2.45) is 0 Å². The molecular formula is C19H15ClN4O2S. The van der Waals surface area contributed by atoms with Gasteiger partial charge in [-0.3, -0.25) is 14.8 Å². The molecule has 0 spiro atoms. The van der Waals surface area contributed by atoms with Gasteiger partial charge in [-0.25, -0.2) is 4.98 Å². The largest absolute Gasteiger partial charge is 0.494 e. The lowest BCUT2D eigenvalue weighted by molar-refractivity contribution is 0.102. The molecule has 2 heterocycles. The molecule has 2 aromatic carbocycles. The van der Waals surface area contributed by atoms with Crippen molar-refractivity contribution in [3.8, 4) is 5.75 Å². The number of hydrogen-bond acceptors (Lipinski definition) is 5. The smallest absolute Gasteiger partial charge is 0.260 e. The van der Waals surface area contributed by atoms with Crippen molar-refractivity contribution in [3.05, 3.63) is 71.0 Å². The predicted octanol–water partition coefficient (Wildman–Crippen LogP) is 4.46. The van der Waals surface area contributed by atoms with Gasteiger partial charge in [0.15, 0.2) is 5.13 Å². The van der Waals surface area contributed by atoms with Crippen LogP contribution in [0, 0.1) is 0 Å². The van der Waals surface area contributed by atoms with Gasteiger partial charge in [0.1, 0.15) is 11.3 Å². The molecule has 0 saturated carbocycles. The molecule has 4 aromatic rings. The topological polar surface area (TPSA) is 69.0 Å². The highest BCUT2D eigenvalue weighted by atomic mass is 35.5. The van der Waals surface area contributed by atoms with Gasteiger partial charge < -0.3 is 4.74 Å². The Bertz CT molecular complexity index is 1120. The number of methoxy groups -OCH3 is 1. The Hall–Kier alpha value is -2.90. The van der Waals surface area contributed by atoms with Gasteiger partial charge in [0, 0.05) is 11.2 Å². The first-order chi connectivity index (χ1) is 13.1. The quantitative estimate of drug-likeness (QED) is 0.539. The lowest BCUT2D eigenvalue weighted by atomic mass is 10.2. The lowest BCUT2D eigenvalue weighted by Crippen LogP contribution is -2.11. The van der Waals surface area contributed by atoms with Crippen LogP contribution in [-0.2, 0) is 6.54 Å². The minimum Gasteiger partial charge on any atom is -0.494 e. The minimum atomic E-state index is -0.265. The Labute approximate surface area is 164 Å². The maximum Gasteiger partial charge on any atom is 0.260 e. The Balaban J connectivity index is 1.51. The fourth-order valence-electron chi connectivity index (χ4n) is 2.68. The van der Waals surface area contributed by atoms with Crippen LogP contribution in [0.25, 0.3) is 10.2 Å². The fourth-order valence-corrected chi connectivity index (χ4v) is 3.75. The van der Waals surface area contributed by atoms with Gasteiger partial charge in [-0.15, -0.1) is 0 Å². The summed E-state index contributed by atoms with van der Waals surface area (Å²) >= 11 is 7.57. The van der Waals surface area contributed by atoms with Crippen molar-refractivity contribution in [1.82, 2.24) is 14.8 Å². The molecule has 0 aliphatic heterocycles. The molecule has 27 heavy (non-hydrogen) atoms. The molecule has 8 heteroatoms. The third kappa shape index (κ3) is 3.65. The summed E-state index contributed by atoms with van der Waals surface area (Å²) in [6, 6.07) is 13.2. The number of hydrogen-bond donors (Lipinski definition) is 1. The van der Waals surface area contributed by atoms with E-state index in [0.29, 0.717) is 28.0 Å². The molecule has 1 N–H and O–H groups in total. The van der Waals surface area contributed by atoms with Crippen LogP contribution in [0.3, 0.4) is 0 Å². The second kappa shape index (κ2) is 7.38. The van der Waals surface area contributed by atoms with Gasteiger partial charge in [-0.1, -0.05) is 47.2 Å². The highest BCUT2D eigenvalue weighted by molar-refractivity contribution is 7.22. The second-order valence-corrected chi connectivity index (χ2v) is 7.24. The number of rotatable bonds is 5. The van der Waals surface area contributed by atoms with E-state index in [1.54, 1.807) is 18.0 Å². The van der Waals surface area contributed by atoms with Crippen LogP contribution < -0.4 is 10.1 Å². The molecule has 0 atom stereocenters. The highest BCUT2D eigenvalue weighted by Gasteiger charge is 2.14. The van der Waals surface area contributed by atoms with Crippen LogP contribution in [0.2, 0.25) is 5.02 Å². The maximum absolute atomic E-state index is 12.5. The Morgan fingerprint density at radius 2 is 2.11 bits per heavy atom. The molecule has 0 radical (unpaired) electrons. The number of benzene rings is 2. The minimum absolute atomic E-state index is 0.265. The number of fused-ring (bicyclic) bond motifs is 1. The van der Waals surface area contributed by atoms with Crippen LogP contribution in [0.15, 0.2) is 54.9 Å². The van der Waals surface area contributed by atoms with E-state index in [9.17, 15) is 4.79 Å². The van der Waals surface area contributed by atoms with E-state index < -0.39 is 0 Å². The third-order valence-electron chi connectivity index (χ3n) is 4.01. The SMILES string of the molecule is COc1cccc2sc(NC(=O)c3cnn(Cc4ccccc4Cl)c3)nc12. The molecule has 0 fully saturated rings. The van der Waals surface area contributed by atoms with E-state index in [2.05, 4.69) is 15.4 Å². The fraction of sp³-hybridized carbons (Fsp3) is 0.105. The Morgan fingerprint density at radius 3 is 2.93 bits per heavy atom. The van der Waals surface area contributed by atoms with Crippen molar-refractivity contribution in [1.29, 1.82) is 0 Å². The van der Waals surface area contributed by atoms with Gasteiger partial charge in [0.2, 0.25) is 0 Å². The zero-order valence-electron chi connectivity index (χ0n) is 14.3. The summed E-state index contributed by atoms with van der Waals surface area (Å²) in [5.41, 5.74) is 2.12. The zero-order chi connectivity index (χ0) is 18.8. The molecule has 0 aliphatic rings. The van der Waals surface area contributed by atoms with Gasteiger partial charge in [0.05, 0.1) is 30.1 Å². The molecule has 136 valence electrons. The van der Waals surface area contributed by atoms with E-state index in [-0.39, 0.29) is 5.91 Å². The summed E-state index contributed by atoms with van der Waals surface area (Å²) in [5, 5.41) is 8.25. The summed E-state index contributed by atoms with van der Waals surface area (Å²) in [5.74, 6) is 0.412. The maximum atomic E-state index is 12.5. The van der Waals surface area contributed by atoms with Crippen molar-refractivity contribution < 1.29 is 9.53 Å². The van der Waals surface area contributed by atoms with E-state index in [0.717, 1.165) is 15.8 Å². The number of aromatic nitrogens is 3. The number of ether oxygens (including phenoxy) is 1.